The van der Waals surface area contributed by atoms with Gasteiger partial charge in [-0.25, -0.2) is 0 Å². The third kappa shape index (κ3) is 3.35. The molecule has 0 heterocycles. The Morgan fingerprint density at radius 2 is 1.83 bits per heavy atom. The van der Waals surface area contributed by atoms with Gasteiger partial charge in [0, 0.05) is 6.04 Å². The Hall–Kier alpha value is -1.29. The second kappa shape index (κ2) is 5.57. The van der Waals surface area contributed by atoms with Crippen LogP contribution in [0.15, 0.2) is 42.5 Å². The van der Waals surface area contributed by atoms with Crippen LogP contribution in [-0.4, -0.2) is 12.2 Å². The van der Waals surface area contributed by atoms with Crippen molar-refractivity contribution in [2.24, 2.45) is 0 Å². The fourth-order valence-electron chi connectivity index (χ4n) is 2.21. The fraction of sp³-hybridized carbons (Fsp3) is 0.429. The van der Waals surface area contributed by atoms with Gasteiger partial charge in [-0.05, 0) is 24.8 Å². The van der Waals surface area contributed by atoms with Gasteiger partial charge in [0.1, 0.15) is 6.04 Å². The molecule has 2 atom stereocenters. The molecule has 0 radical (unpaired) electrons. The Bertz CT molecular complexity index is 397. The van der Waals surface area contributed by atoms with E-state index in [0.29, 0.717) is 6.42 Å². The SMILES string of the molecule is FC(F)(F)C(NC1CC=CCC1)c1ccccc1. The third-order valence-corrected chi connectivity index (χ3v) is 3.13. The Labute approximate surface area is 105 Å². The first-order chi connectivity index (χ1) is 8.57. The summed E-state index contributed by atoms with van der Waals surface area (Å²) in [6.45, 7) is 0. The molecule has 0 fully saturated rings. The van der Waals surface area contributed by atoms with E-state index in [1.807, 2.05) is 12.2 Å². The van der Waals surface area contributed by atoms with Crippen LogP contribution in [0.25, 0.3) is 0 Å². The van der Waals surface area contributed by atoms with Crippen molar-refractivity contribution >= 4 is 0 Å². The van der Waals surface area contributed by atoms with Gasteiger partial charge < -0.3 is 0 Å². The van der Waals surface area contributed by atoms with Crippen molar-refractivity contribution in [3.8, 4) is 0 Å². The van der Waals surface area contributed by atoms with Crippen molar-refractivity contribution < 1.29 is 13.2 Å². The molecule has 0 aliphatic heterocycles. The average Bonchev–Trinajstić information content (AvgIpc) is 2.37. The molecular formula is C14H16F3N. The van der Waals surface area contributed by atoms with Crippen molar-refractivity contribution in [3.63, 3.8) is 0 Å². The minimum atomic E-state index is -4.26. The number of allylic oxidation sites excluding steroid dienone is 1. The zero-order valence-electron chi connectivity index (χ0n) is 9.95. The lowest BCUT2D eigenvalue weighted by atomic mass is 9.98. The number of rotatable bonds is 3. The summed E-state index contributed by atoms with van der Waals surface area (Å²) < 4.78 is 39.2. The molecular weight excluding hydrogens is 239 g/mol. The number of alkyl halides is 3. The molecule has 1 N–H and O–H groups in total. The lowest BCUT2D eigenvalue weighted by Gasteiger charge is -2.28. The summed E-state index contributed by atoms with van der Waals surface area (Å²) >= 11 is 0. The molecule has 0 saturated carbocycles. The second-order valence-electron chi connectivity index (χ2n) is 4.53. The first-order valence-corrected chi connectivity index (χ1v) is 6.10. The summed E-state index contributed by atoms with van der Waals surface area (Å²) in [5.74, 6) is 0. The Morgan fingerprint density at radius 3 is 2.39 bits per heavy atom. The van der Waals surface area contributed by atoms with Gasteiger partial charge in [-0.15, -0.1) is 0 Å². The zero-order valence-corrected chi connectivity index (χ0v) is 9.95. The number of nitrogens with one attached hydrogen (secondary N) is 1. The van der Waals surface area contributed by atoms with Crippen LogP contribution in [0.5, 0.6) is 0 Å². The van der Waals surface area contributed by atoms with Gasteiger partial charge in [0.15, 0.2) is 0 Å². The Balaban J connectivity index is 2.13. The highest BCUT2D eigenvalue weighted by atomic mass is 19.4. The highest BCUT2D eigenvalue weighted by molar-refractivity contribution is 5.20. The van der Waals surface area contributed by atoms with Crippen molar-refractivity contribution in [1.29, 1.82) is 0 Å². The summed E-state index contributed by atoms with van der Waals surface area (Å²) in [7, 11) is 0. The maximum absolute atomic E-state index is 13.1. The Kier molecular flexibility index (Phi) is 4.07. The molecule has 1 nitrogen and oxygen atoms in total. The highest BCUT2D eigenvalue weighted by Crippen LogP contribution is 2.33. The highest BCUT2D eigenvalue weighted by Gasteiger charge is 2.41. The van der Waals surface area contributed by atoms with Gasteiger partial charge in [-0.3, -0.25) is 5.32 Å². The predicted molar refractivity (Wildman–Crippen MR) is 65.2 cm³/mol. The third-order valence-electron chi connectivity index (χ3n) is 3.13. The van der Waals surface area contributed by atoms with Gasteiger partial charge in [0.25, 0.3) is 0 Å². The lowest BCUT2D eigenvalue weighted by Crippen LogP contribution is -2.41. The molecule has 98 valence electrons. The maximum Gasteiger partial charge on any atom is 0.407 e. The first-order valence-electron chi connectivity index (χ1n) is 6.10. The molecule has 0 saturated heterocycles. The minimum absolute atomic E-state index is 0.0955. The van der Waals surface area contributed by atoms with E-state index in [1.165, 1.54) is 12.1 Å². The van der Waals surface area contributed by atoms with Crippen LogP contribution in [0.3, 0.4) is 0 Å². The van der Waals surface area contributed by atoms with Gasteiger partial charge in [0.05, 0.1) is 0 Å². The predicted octanol–water partition coefficient (Wildman–Crippen LogP) is 3.99. The maximum atomic E-state index is 13.1. The lowest BCUT2D eigenvalue weighted by molar-refractivity contribution is -0.159. The van der Waals surface area contributed by atoms with E-state index in [0.717, 1.165) is 12.8 Å². The number of hydrogen-bond donors (Lipinski definition) is 1. The van der Waals surface area contributed by atoms with Gasteiger partial charge >= 0.3 is 6.18 Å². The molecule has 1 aromatic carbocycles. The van der Waals surface area contributed by atoms with Crippen LogP contribution in [-0.2, 0) is 0 Å². The summed E-state index contributed by atoms with van der Waals surface area (Å²) in [5, 5.41) is 2.74. The van der Waals surface area contributed by atoms with Crippen LogP contribution in [0.4, 0.5) is 13.2 Å². The van der Waals surface area contributed by atoms with Crippen LogP contribution in [0.1, 0.15) is 30.9 Å². The monoisotopic (exact) mass is 255 g/mol. The van der Waals surface area contributed by atoms with E-state index in [-0.39, 0.29) is 11.6 Å². The first kappa shape index (κ1) is 13.1. The van der Waals surface area contributed by atoms with E-state index >= 15 is 0 Å². The Morgan fingerprint density at radius 1 is 1.11 bits per heavy atom. The van der Waals surface area contributed by atoms with E-state index < -0.39 is 12.2 Å². The van der Waals surface area contributed by atoms with Crippen molar-refractivity contribution in [2.75, 3.05) is 0 Å². The van der Waals surface area contributed by atoms with Gasteiger partial charge in [-0.1, -0.05) is 42.5 Å². The van der Waals surface area contributed by atoms with Gasteiger partial charge in [0.2, 0.25) is 0 Å². The fourth-order valence-corrected chi connectivity index (χ4v) is 2.21. The van der Waals surface area contributed by atoms with Crippen molar-refractivity contribution in [3.05, 3.63) is 48.0 Å². The smallest absolute Gasteiger partial charge is 0.299 e. The second-order valence-corrected chi connectivity index (χ2v) is 4.53. The van der Waals surface area contributed by atoms with Crippen molar-refractivity contribution in [2.45, 2.75) is 37.5 Å². The number of benzene rings is 1. The standard InChI is InChI=1S/C14H16F3N/c15-14(16,17)13(11-7-3-1-4-8-11)18-12-9-5-2-6-10-12/h1-5,7-8,12-13,18H,6,9-10H2. The molecule has 0 amide bonds. The molecule has 2 unspecified atom stereocenters. The van der Waals surface area contributed by atoms with Crippen molar-refractivity contribution in [1.82, 2.24) is 5.32 Å². The number of hydrogen-bond acceptors (Lipinski definition) is 1. The average molecular weight is 255 g/mol. The summed E-state index contributed by atoms with van der Waals surface area (Å²) in [5.41, 5.74) is 0.277. The quantitative estimate of drug-likeness (QED) is 0.805. The minimum Gasteiger partial charge on any atom is -0.299 e. The molecule has 1 aromatic rings. The number of halogens is 3. The molecule has 4 heteroatoms. The molecule has 0 spiro atoms. The van der Waals surface area contributed by atoms with E-state index in [1.54, 1.807) is 18.2 Å². The van der Waals surface area contributed by atoms with Crippen LogP contribution in [0, 0.1) is 0 Å². The largest absolute Gasteiger partial charge is 0.407 e. The van der Waals surface area contributed by atoms with E-state index in [4.69, 9.17) is 0 Å². The molecule has 1 aliphatic rings. The summed E-state index contributed by atoms with van der Waals surface area (Å²) in [6.07, 6.45) is 1.97. The molecule has 1 aliphatic carbocycles. The molecule has 2 rings (SSSR count). The van der Waals surface area contributed by atoms with E-state index in [2.05, 4.69) is 5.32 Å². The van der Waals surface area contributed by atoms with E-state index in [9.17, 15) is 13.2 Å². The molecule has 0 aromatic heterocycles. The summed E-state index contributed by atoms with van der Waals surface area (Å²) in [6, 6.07) is 6.36. The van der Waals surface area contributed by atoms with Crippen LogP contribution in [0.2, 0.25) is 0 Å². The molecule has 0 bridgehead atoms. The van der Waals surface area contributed by atoms with Gasteiger partial charge in [-0.2, -0.15) is 13.2 Å². The normalized spacial score (nSPS) is 21.8. The summed E-state index contributed by atoms with van der Waals surface area (Å²) in [4.78, 5) is 0. The molecule has 18 heavy (non-hydrogen) atoms. The zero-order chi connectivity index (χ0) is 13.0. The van der Waals surface area contributed by atoms with Crippen LogP contribution < -0.4 is 5.32 Å². The topological polar surface area (TPSA) is 12.0 Å². The van der Waals surface area contributed by atoms with Crippen LogP contribution >= 0.6 is 0 Å².